The lowest BCUT2D eigenvalue weighted by Gasteiger charge is -2.51. The Kier molecular flexibility index (Phi) is 3.18. The molecule has 0 bridgehead atoms. The Morgan fingerprint density at radius 1 is 1.35 bits per heavy atom. The molecule has 3 heteroatoms. The Labute approximate surface area is 105 Å². The topological polar surface area (TPSA) is 24.5 Å². The molecule has 3 fully saturated rings. The molecule has 17 heavy (non-hydrogen) atoms. The maximum Gasteiger partial charge on any atom is 0.0647 e. The molecule has 1 saturated carbocycles. The van der Waals surface area contributed by atoms with Crippen LogP contribution in [0.15, 0.2) is 0 Å². The normalized spacial score (nSPS) is 44.8. The van der Waals surface area contributed by atoms with Gasteiger partial charge in [0.1, 0.15) is 0 Å². The standard InChI is InChI=1S/C14H26N2O/c1-11-8-15-13(12-4-5-12)9-16(11)14(2)6-3-7-17-10-14/h11-13,15H,3-10H2,1-2H3. The molecule has 2 heterocycles. The van der Waals surface area contributed by atoms with Gasteiger partial charge >= 0.3 is 0 Å². The lowest BCUT2D eigenvalue weighted by Crippen LogP contribution is -2.65. The van der Waals surface area contributed by atoms with Crippen LogP contribution in [0.5, 0.6) is 0 Å². The highest BCUT2D eigenvalue weighted by Crippen LogP contribution is 2.37. The third kappa shape index (κ3) is 2.38. The number of ether oxygens (including phenoxy) is 1. The maximum atomic E-state index is 5.74. The molecule has 3 rings (SSSR count). The van der Waals surface area contributed by atoms with Crippen LogP contribution < -0.4 is 5.32 Å². The van der Waals surface area contributed by atoms with E-state index in [9.17, 15) is 0 Å². The number of hydrogen-bond donors (Lipinski definition) is 1. The Hall–Kier alpha value is -0.120. The number of rotatable bonds is 2. The SMILES string of the molecule is CC1CNC(C2CC2)CN1C1(C)CCCOC1. The summed E-state index contributed by atoms with van der Waals surface area (Å²) in [6, 6.07) is 1.39. The van der Waals surface area contributed by atoms with E-state index in [1.807, 2.05) is 0 Å². The predicted molar refractivity (Wildman–Crippen MR) is 69.1 cm³/mol. The van der Waals surface area contributed by atoms with E-state index in [1.165, 1.54) is 32.2 Å². The Bertz CT molecular complexity index is 271. The van der Waals surface area contributed by atoms with Gasteiger partial charge in [0.15, 0.2) is 0 Å². The average Bonchev–Trinajstić information content (AvgIpc) is 3.14. The zero-order chi connectivity index (χ0) is 11.9. The van der Waals surface area contributed by atoms with E-state index >= 15 is 0 Å². The Balaban J connectivity index is 1.69. The highest BCUT2D eigenvalue weighted by Gasteiger charge is 2.43. The van der Waals surface area contributed by atoms with E-state index < -0.39 is 0 Å². The summed E-state index contributed by atoms with van der Waals surface area (Å²) >= 11 is 0. The first-order valence-corrected chi connectivity index (χ1v) is 7.27. The fourth-order valence-electron chi connectivity index (χ4n) is 3.60. The lowest BCUT2D eigenvalue weighted by atomic mass is 9.89. The first-order chi connectivity index (χ1) is 8.19. The molecule has 1 aliphatic carbocycles. The zero-order valence-electron chi connectivity index (χ0n) is 11.2. The van der Waals surface area contributed by atoms with Crippen LogP contribution in [0.4, 0.5) is 0 Å². The highest BCUT2D eigenvalue weighted by atomic mass is 16.5. The van der Waals surface area contributed by atoms with Crippen molar-refractivity contribution in [3.05, 3.63) is 0 Å². The van der Waals surface area contributed by atoms with Crippen molar-refractivity contribution in [1.82, 2.24) is 10.2 Å². The van der Waals surface area contributed by atoms with Gasteiger partial charge in [-0.3, -0.25) is 4.90 Å². The van der Waals surface area contributed by atoms with E-state index in [1.54, 1.807) is 0 Å². The molecule has 0 aromatic rings. The summed E-state index contributed by atoms with van der Waals surface area (Å²) in [5, 5.41) is 3.73. The molecule has 98 valence electrons. The van der Waals surface area contributed by atoms with Crippen LogP contribution in [-0.2, 0) is 4.74 Å². The lowest BCUT2D eigenvalue weighted by molar-refractivity contribution is -0.0692. The molecule has 3 atom stereocenters. The van der Waals surface area contributed by atoms with Crippen LogP contribution in [0.25, 0.3) is 0 Å². The van der Waals surface area contributed by atoms with Gasteiger partial charge in [0, 0.05) is 37.3 Å². The molecule has 0 spiro atoms. The van der Waals surface area contributed by atoms with Crippen LogP contribution in [0.2, 0.25) is 0 Å². The minimum absolute atomic E-state index is 0.285. The second kappa shape index (κ2) is 4.52. The predicted octanol–water partition coefficient (Wildman–Crippen LogP) is 1.63. The molecule has 3 aliphatic rings. The van der Waals surface area contributed by atoms with Crippen LogP contribution in [0.1, 0.15) is 39.5 Å². The second-order valence-electron chi connectivity index (χ2n) is 6.51. The first kappa shape index (κ1) is 11.9. The Morgan fingerprint density at radius 2 is 2.18 bits per heavy atom. The van der Waals surface area contributed by atoms with E-state index in [0.717, 1.165) is 31.7 Å². The molecular formula is C14H26N2O. The summed E-state index contributed by atoms with van der Waals surface area (Å²) in [5.74, 6) is 0.957. The fraction of sp³-hybridized carbons (Fsp3) is 1.00. The van der Waals surface area contributed by atoms with E-state index in [2.05, 4.69) is 24.1 Å². The van der Waals surface area contributed by atoms with Crippen molar-refractivity contribution in [2.24, 2.45) is 5.92 Å². The number of hydrogen-bond acceptors (Lipinski definition) is 3. The first-order valence-electron chi connectivity index (χ1n) is 7.27. The van der Waals surface area contributed by atoms with Crippen LogP contribution in [-0.4, -0.2) is 48.8 Å². The van der Waals surface area contributed by atoms with Crippen LogP contribution in [0.3, 0.4) is 0 Å². The summed E-state index contributed by atoms with van der Waals surface area (Å²) in [6.07, 6.45) is 5.40. The highest BCUT2D eigenvalue weighted by molar-refractivity contribution is 5.00. The summed E-state index contributed by atoms with van der Waals surface area (Å²) in [5.41, 5.74) is 0.285. The number of nitrogens with one attached hydrogen (secondary N) is 1. The zero-order valence-corrected chi connectivity index (χ0v) is 11.2. The molecule has 0 aromatic heterocycles. The summed E-state index contributed by atoms with van der Waals surface area (Å²) in [6.45, 7) is 9.02. The van der Waals surface area contributed by atoms with Gasteiger partial charge in [-0.05, 0) is 45.4 Å². The van der Waals surface area contributed by atoms with Crippen molar-refractivity contribution in [2.75, 3.05) is 26.3 Å². The third-order valence-electron chi connectivity index (χ3n) is 4.90. The van der Waals surface area contributed by atoms with Crippen molar-refractivity contribution in [3.63, 3.8) is 0 Å². The molecule has 0 radical (unpaired) electrons. The maximum absolute atomic E-state index is 5.74. The van der Waals surface area contributed by atoms with Crippen LogP contribution >= 0.6 is 0 Å². The molecule has 0 aromatic carbocycles. The molecular weight excluding hydrogens is 212 g/mol. The van der Waals surface area contributed by atoms with Gasteiger partial charge in [-0.15, -0.1) is 0 Å². The fourth-order valence-corrected chi connectivity index (χ4v) is 3.60. The summed E-state index contributed by atoms with van der Waals surface area (Å²) < 4.78 is 5.74. The molecule has 3 nitrogen and oxygen atoms in total. The van der Waals surface area contributed by atoms with E-state index in [4.69, 9.17) is 4.74 Å². The second-order valence-corrected chi connectivity index (χ2v) is 6.51. The van der Waals surface area contributed by atoms with Gasteiger partial charge in [-0.2, -0.15) is 0 Å². The minimum Gasteiger partial charge on any atom is -0.380 e. The van der Waals surface area contributed by atoms with Gasteiger partial charge in [0.25, 0.3) is 0 Å². The van der Waals surface area contributed by atoms with Crippen molar-refractivity contribution < 1.29 is 4.74 Å². The quantitative estimate of drug-likeness (QED) is 0.791. The van der Waals surface area contributed by atoms with Crippen LogP contribution in [0, 0.1) is 5.92 Å². The molecule has 0 amide bonds. The smallest absolute Gasteiger partial charge is 0.0647 e. The van der Waals surface area contributed by atoms with Gasteiger partial charge in [0.2, 0.25) is 0 Å². The van der Waals surface area contributed by atoms with Crippen molar-refractivity contribution in [2.45, 2.75) is 57.2 Å². The van der Waals surface area contributed by atoms with E-state index in [-0.39, 0.29) is 5.54 Å². The number of piperazine rings is 1. The van der Waals surface area contributed by atoms with Gasteiger partial charge in [-0.1, -0.05) is 0 Å². The van der Waals surface area contributed by atoms with Crippen molar-refractivity contribution in [3.8, 4) is 0 Å². The van der Waals surface area contributed by atoms with Gasteiger partial charge in [-0.25, -0.2) is 0 Å². The molecule has 2 aliphatic heterocycles. The molecule has 2 saturated heterocycles. The summed E-state index contributed by atoms with van der Waals surface area (Å²) in [4.78, 5) is 2.73. The molecule has 1 N–H and O–H groups in total. The Morgan fingerprint density at radius 3 is 2.82 bits per heavy atom. The van der Waals surface area contributed by atoms with Crippen molar-refractivity contribution in [1.29, 1.82) is 0 Å². The average molecular weight is 238 g/mol. The van der Waals surface area contributed by atoms with Gasteiger partial charge < -0.3 is 10.1 Å². The molecule has 3 unspecified atom stereocenters. The number of nitrogens with zero attached hydrogens (tertiary/aromatic N) is 1. The summed E-state index contributed by atoms with van der Waals surface area (Å²) in [7, 11) is 0. The minimum atomic E-state index is 0.285. The van der Waals surface area contributed by atoms with E-state index in [0.29, 0.717) is 6.04 Å². The third-order valence-corrected chi connectivity index (χ3v) is 4.90. The monoisotopic (exact) mass is 238 g/mol. The van der Waals surface area contributed by atoms with Crippen molar-refractivity contribution >= 4 is 0 Å². The van der Waals surface area contributed by atoms with Gasteiger partial charge in [0.05, 0.1) is 6.61 Å². The largest absolute Gasteiger partial charge is 0.380 e.